The molecule has 13 heavy (non-hydrogen) atoms. The first-order chi connectivity index (χ1) is 6.13. The van der Waals surface area contributed by atoms with E-state index in [0.29, 0.717) is 0 Å². The Balaban J connectivity index is 2.15. The molecule has 0 amide bonds. The minimum Gasteiger partial charge on any atom is -0.458 e. The number of hydrogen-bond donors (Lipinski definition) is 0. The van der Waals surface area contributed by atoms with E-state index in [1.807, 2.05) is 6.92 Å². The van der Waals surface area contributed by atoms with Gasteiger partial charge in [-0.3, -0.25) is 4.79 Å². The van der Waals surface area contributed by atoms with E-state index in [1.54, 1.807) is 0 Å². The van der Waals surface area contributed by atoms with Crippen LogP contribution in [0.3, 0.4) is 0 Å². The van der Waals surface area contributed by atoms with Gasteiger partial charge in [-0.1, -0.05) is 0 Å². The molecule has 4 atom stereocenters. The fourth-order valence-electron chi connectivity index (χ4n) is 3.50. The van der Waals surface area contributed by atoms with Gasteiger partial charge in [0, 0.05) is 5.92 Å². The number of carbonyl (C=O) groups excluding carboxylic acids is 2. The van der Waals surface area contributed by atoms with Gasteiger partial charge in [0.1, 0.15) is 17.3 Å². The van der Waals surface area contributed by atoms with Gasteiger partial charge in [-0.05, 0) is 32.1 Å². The third-order valence-corrected chi connectivity index (χ3v) is 4.37. The molecule has 1 aliphatic heterocycles. The van der Waals surface area contributed by atoms with E-state index in [2.05, 4.69) is 0 Å². The van der Waals surface area contributed by atoms with Crippen molar-refractivity contribution in [3.63, 3.8) is 0 Å². The first-order valence-electron chi connectivity index (χ1n) is 4.83. The Kier molecular flexibility index (Phi) is 1.05. The predicted octanol–water partition coefficient (Wildman–Crippen LogP) is 0.917. The average molecular weight is 180 g/mol. The van der Waals surface area contributed by atoms with E-state index in [-0.39, 0.29) is 23.4 Å². The molecule has 1 saturated heterocycles. The lowest BCUT2D eigenvalue weighted by Crippen LogP contribution is -2.59. The Hall–Kier alpha value is -0.860. The second-order valence-corrected chi connectivity index (χ2v) is 4.78. The summed E-state index contributed by atoms with van der Waals surface area (Å²) in [5.41, 5.74) is -1.06. The van der Waals surface area contributed by atoms with E-state index in [9.17, 15) is 9.59 Å². The van der Waals surface area contributed by atoms with Crippen molar-refractivity contribution in [3.8, 4) is 0 Å². The van der Waals surface area contributed by atoms with Gasteiger partial charge in [0.2, 0.25) is 0 Å². The second kappa shape index (κ2) is 1.81. The number of ether oxygens (including phenoxy) is 1. The number of rotatable bonds is 1. The molecule has 3 aliphatic carbocycles. The van der Waals surface area contributed by atoms with Crippen molar-refractivity contribution in [2.45, 2.75) is 31.8 Å². The topological polar surface area (TPSA) is 43.4 Å². The number of carbonyl (C=O) groups is 2. The predicted molar refractivity (Wildman–Crippen MR) is 43.8 cm³/mol. The SMILES string of the molecule is C[C@@]12CC[C@H]3C[C@@H]1[C@@]3(C=O)C(=O)O2. The molecular formula is C10H12O3. The molecule has 4 aliphatic rings. The zero-order chi connectivity index (χ0) is 9.27. The fourth-order valence-corrected chi connectivity index (χ4v) is 3.50. The zero-order valence-corrected chi connectivity index (χ0v) is 7.58. The summed E-state index contributed by atoms with van der Waals surface area (Å²) in [5, 5.41) is 0. The van der Waals surface area contributed by atoms with Crippen molar-refractivity contribution in [1.29, 1.82) is 0 Å². The number of aldehydes is 1. The molecular weight excluding hydrogens is 168 g/mol. The first kappa shape index (κ1) is 7.54. The molecule has 3 heteroatoms. The van der Waals surface area contributed by atoms with E-state index >= 15 is 0 Å². The molecule has 4 rings (SSSR count). The first-order valence-corrected chi connectivity index (χ1v) is 4.83. The molecule has 1 heterocycles. The standard InChI is InChI=1S/C10H12O3/c1-9-3-2-6-4-7(9)10(6,5-11)8(12)13-9/h5-7H,2-4H2,1H3/t6-,7-,9+,10-/m0/s1. The largest absolute Gasteiger partial charge is 0.458 e. The highest BCUT2D eigenvalue weighted by molar-refractivity contribution is 5.98. The molecule has 0 spiro atoms. The Bertz CT molecular complexity index is 309. The fraction of sp³-hybridized carbons (Fsp3) is 0.800. The van der Waals surface area contributed by atoms with Crippen molar-refractivity contribution >= 4 is 12.3 Å². The van der Waals surface area contributed by atoms with Gasteiger partial charge in [0.05, 0.1) is 0 Å². The van der Waals surface area contributed by atoms with E-state index in [4.69, 9.17) is 4.74 Å². The molecule has 0 aromatic rings. The van der Waals surface area contributed by atoms with Crippen LogP contribution in [-0.2, 0) is 14.3 Å². The lowest BCUT2D eigenvalue weighted by Gasteiger charge is -2.53. The Morgan fingerprint density at radius 2 is 2.38 bits per heavy atom. The Labute approximate surface area is 76.4 Å². The molecule has 0 radical (unpaired) electrons. The molecule has 0 unspecified atom stereocenters. The molecule has 3 nitrogen and oxygen atoms in total. The van der Waals surface area contributed by atoms with Crippen LogP contribution in [0.15, 0.2) is 0 Å². The summed E-state index contributed by atoms with van der Waals surface area (Å²) < 4.78 is 5.35. The number of hydrogen-bond acceptors (Lipinski definition) is 3. The monoisotopic (exact) mass is 180 g/mol. The molecule has 4 bridgehead atoms. The van der Waals surface area contributed by atoms with E-state index < -0.39 is 5.41 Å². The normalized spacial score (nSPS) is 56.8. The average Bonchev–Trinajstić information content (AvgIpc) is 2.13. The van der Waals surface area contributed by atoms with Crippen molar-refractivity contribution < 1.29 is 14.3 Å². The highest BCUT2D eigenvalue weighted by atomic mass is 16.6. The maximum absolute atomic E-state index is 11.6. The summed E-state index contributed by atoms with van der Waals surface area (Å²) in [4.78, 5) is 22.6. The van der Waals surface area contributed by atoms with Crippen molar-refractivity contribution in [2.24, 2.45) is 17.3 Å². The van der Waals surface area contributed by atoms with Crippen molar-refractivity contribution in [1.82, 2.24) is 0 Å². The smallest absolute Gasteiger partial charge is 0.320 e. The lowest BCUT2D eigenvalue weighted by atomic mass is 9.45. The van der Waals surface area contributed by atoms with Gasteiger partial charge in [-0.2, -0.15) is 0 Å². The van der Waals surface area contributed by atoms with Gasteiger partial charge in [-0.25, -0.2) is 0 Å². The van der Waals surface area contributed by atoms with Crippen LogP contribution in [0.2, 0.25) is 0 Å². The molecule has 4 fully saturated rings. The summed E-state index contributed by atoms with van der Waals surface area (Å²) in [6, 6.07) is 0. The molecule has 0 aromatic carbocycles. The summed E-state index contributed by atoms with van der Waals surface area (Å²) in [5.74, 6) is 0.186. The van der Waals surface area contributed by atoms with Gasteiger partial charge in [0.15, 0.2) is 0 Å². The number of esters is 1. The van der Waals surface area contributed by atoms with Crippen LogP contribution in [0.25, 0.3) is 0 Å². The van der Waals surface area contributed by atoms with Crippen molar-refractivity contribution in [3.05, 3.63) is 0 Å². The quantitative estimate of drug-likeness (QED) is 0.342. The van der Waals surface area contributed by atoms with Gasteiger partial charge in [-0.15, -0.1) is 0 Å². The van der Waals surface area contributed by atoms with Crippen LogP contribution in [0.4, 0.5) is 0 Å². The molecule has 0 aromatic heterocycles. The summed E-state index contributed by atoms with van der Waals surface area (Å²) in [7, 11) is 0. The Morgan fingerprint density at radius 3 is 2.92 bits per heavy atom. The Morgan fingerprint density at radius 1 is 1.62 bits per heavy atom. The zero-order valence-electron chi connectivity index (χ0n) is 7.58. The van der Waals surface area contributed by atoms with Crippen molar-refractivity contribution in [2.75, 3.05) is 0 Å². The van der Waals surface area contributed by atoms with Crippen LogP contribution < -0.4 is 0 Å². The van der Waals surface area contributed by atoms with Crippen LogP contribution in [0, 0.1) is 17.3 Å². The van der Waals surface area contributed by atoms with Crippen LogP contribution >= 0.6 is 0 Å². The third kappa shape index (κ3) is 0.550. The molecule has 70 valence electrons. The summed E-state index contributed by atoms with van der Waals surface area (Å²) in [6.45, 7) is 1.97. The summed E-state index contributed by atoms with van der Waals surface area (Å²) in [6.07, 6.45) is 3.75. The van der Waals surface area contributed by atoms with Crippen LogP contribution in [-0.4, -0.2) is 17.9 Å². The van der Waals surface area contributed by atoms with Gasteiger partial charge >= 0.3 is 5.97 Å². The lowest BCUT2D eigenvalue weighted by molar-refractivity contribution is -0.157. The highest BCUT2D eigenvalue weighted by Gasteiger charge is 2.75. The molecule has 0 N–H and O–H groups in total. The minimum absolute atomic E-state index is 0.170. The molecule has 3 saturated carbocycles. The summed E-state index contributed by atoms with van der Waals surface area (Å²) >= 11 is 0. The van der Waals surface area contributed by atoms with Gasteiger partial charge in [0.25, 0.3) is 0 Å². The minimum atomic E-state index is -0.729. The maximum atomic E-state index is 11.6. The third-order valence-electron chi connectivity index (χ3n) is 4.37. The number of fused-ring (bicyclic) bond motifs is 1. The second-order valence-electron chi connectivity index (χ2n) is 4.78. The van der Waals surface area contributed by atoms with E-state index in [1.165, 1.54) is 0 Å². The highest BCUT2D eigenvalue weighted by Crippen LogP contribution is 2.67. The van der Waals surface area contributed by atoms with Crippen LogP contribution in [0.5, 0.6) is 0 Å². The van der Waals surface area contributed by atoms with E-state index in [0.717, 1.165) is 25.5 Å². The van der Waals surface area contributed by atoms with Gasteiger partial charge < -0.3 is 9.53 Å². The maximum Gasteiger partial charge on any atom is 0.320 e. The van der Waals surface area contributed by atoms with Crippen LogP contribution in [0.1, 0.15) is 26.2 Å².